The van der Waals surface area contributed by atoms with Gasteiger partial charge in [0.15, 0.2) is 0 Å². The molecule has 0 aliphatic rings. The van der Waals surface area contributed by atoms with Crippen LogP contribution in [0.3, 0.4) is 0 Å². The Labute approximate surface area is 118 Å². The number of hydrogen-bond donors (Lipinski definition) is 0. The molecule has 0 unspecified atom stereocenters. The lowest BCUT2D eigenvalue weighted by Crippen LogP contribution is -2.08. The van der Waals surface area contributed by atoms with Crippen molar-refractivity contribution in [2.45, 2.75) is 12.8 Å². The average Bonchev–Trinajstić information content (AvgIpc) is 2.52. The van der Waals surface area contributed by atoms with E-state index >= 15 is 0 Å². The molecule has 3 rings (SSSR count). The lowest BCUT2D eigenvalue weighted by molar-refractivity contribution is 0.838. The van der Waals surface area contributed by atoms with E-state index in [2.05, 4.69) is 21.0 Å². The van der Waals surface area contributed by atoms with Crippen LogP contribution in [0.1, 0.15) is 28.6 Å². The molecular formula is C17H15N3. The third kappa shape index (κ3) is 2.57. The second-order valence-electron chi connectivity index (χ2n) is 4.70. The average molecular weight is 261 g/mol. The van der Waals surface area contributed by atoms with Crippen molar-refractivity contribution < 1.29 is 0 Å². The minimum atomic E-state index is -0.0296. The maximum absolute atomic E-state index is 4.55. The molecule has 0 saturated heterocycles. The number of pyridine rings is 3. The molecule has 0 N–H and O–H groups in total. The van der Waals surface area contributed by atoms with Crippen molar-refractivity contribution in [3.63, 3.8) is 0 Å². The standard InChI is InChI=1S/C17H15N3/c1-13-8-9-16(20-12-13)17(14-6-2-4-10-18-14)15-7-3-5-11-19-15/h2-12,17H,1H3. The summed E-state index contributed by atoms with van der Waals surface area (Å²) in [5, 5.41) is 0. The van der Waals surface area contributed by atoms with E-state index in [0.717, 1.165) is 22.6 Å². The van der Waals surface area contributed by atoms with E-state index < -0.39 is 0 Å². The van der Waals surface area contributed by atoms with E-state index in [0.29, 0.717) is 0 Å². The number of hydrogen-bond acceptors (Lipinski definition) is 3. The summed E-state index contributed by atoms with van der Waals surface area (Å²) in [6.45, 7) is 2.04. The lowest BCUT2D eigenvalue weighted by Gasteiger charge is -2.15. The van der Waals surface area contributed by atoms with Crippen molar-refractivity contribution in [1.29, 1.82) is 0 Å². The van der Waals surface area contributed by atoms with Gasteiger partial charge in [-0.15, -0.1) is 0 Å². The minimum Gasteiger partial charge on any atom is -0.260 e. The Bertz CT molecular complexity index is 624. The van der Waals surface area contributed by atoms with E-state index in [-0.39, 0.29) is 5.92 Å². The summed E-state index contributed by atoms with van der Waals surface area (Å²) in [7, 11) is 0. The topological polar surface area (TPSA) is 38.7 Å². The summed E-state index contributed by atoms with van der Waals surface area (Å²) in [6, 6.07) is 16.0. The van der Waals surface area contributed by atoms with Gasteiger partial charge in [0.05, 0.1) is 23.0 Å². The minimum absolute atomic E-state index is 0.0296. The van der Waals surface area contributed by atoms with Gasteiger partial charge in [0, 0.05) is 18.6 Å². The zero-order valence-electron chi connectivity index (χ0n) is 11.3. The van der Waals surface area contributed by atoms with Gasteiger partial charge in [0.1, 0.15) is 0 Å². The smallest absolute Gasteiger partial charge is 0.0857 e. The maximum atomic E-state index is 4.55. The molecule has 3 heteroatoms. The predicted octanol–water partition coefficient (Wildman–Crippen LogP) is 3.36. The second-order valence-corrected chi connectivity index (χ2v) is 4.70. The van der Waals surface area contributed by atoms with Gasteiger partial charge in [-0.3, -0.25) is 15.0 Å². The Morgan fingerprint density at radius 3 is 1.75 bits per heavy atom. The van der Waals surface area contributed by atoms with Crippen LogP contribution >= 0.6 is 0 Å². The van der Waals surface area contributed by atoms with Gasteiger partial charge in [-0.25, -0.2) is 0 Å². The van der Waals surface area contributed by atoms with Gasteiger partial charge in [-0.1, -0.05) is 18.2 Å². The van der Waals surface area contributed by atoms with Gasteiger partial charge in [-0.2, -0.15) is 0 Å². The number of aromatic nitrogens is 3. The molecular weight excluding hydrogens is 246 g/mol. The summed E-state index contributed by atoms with van der Waals surface area (Å²) in [5.41, 5.74) is 4.03. The van der Waals surface area contributed by atoms with E-state index in [1.165, 1.54) is 0 Å². The van der Waals surface area contributed by atoms with Crippen LogP contribution < -0.4 is 0 Å². The highest BCUT2D eigenvalue weighted by molar-refractivity contribution is 5.34. The van der Waals surface area contributed by atoms with Crippen molar-refractivity contribution in [3.8, 4) is 0 Å². The van der Waals surface area contributed by atoms with Gasteiger partial charge in [0.2, 0.25) is 0 Å². The summed E-state index contributed by atoms with van der Waals surface area (Å²) < 4.78 is 0. The fraction of sp³-hybridized carbons (Fsp3) is 0.118. The summed E-state index contributed by atoms with van der Waals surface area (Å²) >= 11 is 0. The Balaban J connectivity index is 2.11. The van der Waals surface area contributed by atoms with Crippen molar-refractivity contribution >= 4 is 0 Å². The summed E-state index contributed by atoms with van der Waals surface area (Å²) in [5.74, 6) is -0.0296. The van der Waals surface area contributed by atoms with E-state index in [9.17, 15) is 0 Å². The number of aryl methyl sites for hydroxylation is 1. The van der Waals surface area contributed by atoms with Gasteiger partial charge >= 0.3 is 0 Å². The Kier molecular flexibility index (Phi) is 3.50. The van der Waals surface area contributed by atoms with Crippen LogP contribution in [0.4, 0.5) is 0 Å². The van der Waals surface area contributed by atoms with E-state index in [1.807, 2.05) is 55.6 Å². The molecule has 0 fully saturated rings. The summed E-state index contributed by atoms with van der Waals surface area (Å²) in [4.78, 5) is 13.5. The molecule has 3 heterocycles. The van der Waals surface area contributed by atoms with Crippen LogP contribution in [0.15, 0.2) is 67.1 Å². The quantitative estimate of drug-likeness (QED) is 0.725. The first-order valence-corrected chi connectivity index (χ1v) is 6.59. The number of nitrogens with zero attached hydrogens (tertiary/aromatic N) is 3. The first-order chi connectivity index (χ1) is 9.84. The molecule has 0 amide bonds. The fourth-order valence-electron chi connectivity index (χ4n) is 2.20. The Morgan fingerprint density at radius 2 is 1.30 bits per heavy atom. The zero-order chi connectivity index (χ0) is 13.8. The SMILES string of the molecule is Cc1ccc(C(c2ccccn2)c2ccccn2)nc1. The van der Waals surface area contributed by atoms with Crippen LogP contribution in [0.5, 0.6) is 0 Å². The molecule has 0 radical (unpaired) electrons. The van der Waals surface area contributed by atoms with Gasteiger partial charge < -0.3 is 0 Å². The third-order valence-corrected chi connectivity index (χ3v) is 3.20. The molecule has 0 saturated carbocycles. The Hall–Kier alpha value is -2.55. The first-order valence-electron chi connectivity index (χ1n) is 6.59. The van der Waals surface area contributed by atoms with Crippen molar-refractivity contribution in [2.24, 2.45) is 0 Å². The highest BCUT2D eigenvalue weighted by Gasteiger charge is 2.20. The van der Waals surface area contributed by atoms with Gasteiger partial charge in [0.25, 0.3) is 0 Å². The third-order valence-electron chi connectivity index (χ3n) is 3.20. The Morgan fingerprint density at radius 1 is 0.700 bits per heavy atom. The highest BCUT2D eigenvalue weighted by Crippen LogP contribution is 2.27. The second kappa shape index (κ2) is 5.61. The van der Waals surface area contributed by atoms with E-state index in [1.54, 1.807) is 12.4 Å². The molecule has 20 heavy (non-hydrogen) atoms. The van der Waals surface area contributed by atoms with Crippen LogP contribution in [0, 0.1) is 6.92 Å². The van der Waals surface area contributed by atoms with Crippen LogP contribution in [-0.4, -0.2) is 15.0 Å². The molecule has 3 nitrogen and oxygen atoms in total. The molecule has 0 bridgehead atoms. The molecule has 0 spiro atoms. The maximum Gasteiger partial charge on any atom is 0.0857 e. The molecule has 3 aromatic rings. The van der Waals surface area contributed by atoms with Crippen molar-refractivity contribution in [3.05, 3.63) is 89.8 Å². The molecule has 0 aliphatic heterocycles. The van der Waals surface area contributed by atoms with Crippen LogP contribution in [0.25, 0.3) is 0 Å². The van der Waals surface area contributed by atoms with Crippen LogP contribution in [0.2, 0.25) is 0 Å². The molecule has 3 aromatic heterocycles. The lowest BCUT2D eigenvalue weighted by atomic mass is 9.95. The van der Waals surface area contributed by atoms with Crippen molar-refractivity contribution in [2.75, 3.05) is 0 Å². The van der Waals surface area contributed by atoms with Crippen molar-refractivity contribution in [1.82, 2.24) is 15.0 Å². The highest BCUT2D eigenvalue weighted by atomic mass is 14.8. The molecule has 0 aliphatic carbocycles. The monoisotopic (exact) mass is 261 g/mol. The molecule has 0 atom stereocenters. The zero-order valence-corrected chi connectivity index (χ0v) is 11.3. The normalized spacial score (nSPS) is 10.7. The number of rotatable bonds is 3. The fourth-order valence-corrected chi connectivity index (χ4v) is 2.20. The molecule has 0 aromatic carbocycles. The van der Waals surface area contributed by atoms with Crippen LogP contribution in [-0.2, 0) is 0 Å². The largest absolute Gasteiger partial charge is 0.260 e. The predicted molar refractivity (Wildman–Crippen MR) is 78.4 cm³/mol. The van der Waals surface area contributed by atoms with E-state index in [4.69, 9.17) is 0 Å². The first kappa shape index (κ1) is 12.5. The summed E-state index contributed by atoms with van der Waals surface area (Å²) in [6.07, 6.45) is 5.49. The van der Waals surface area contributed by atoms with Gasteiger partial charge in [-0.05, 0) is 42.8 Å². The molecule has 98 valence electrons.